The van der Waals surface area contributed by atoms with Gasteiger partial charge >= 0.3 is 12.0 Å². The Labute approximate surface area is 103 Å². The highest BCUT2D eigenvalue weighted by Gasteiger charge is 2.22. The molecule has 0 aliphatic rings. The van der Waals surface area contributed by atoms with Gasteiger partial charge in [0.15, 0.2) is 0 Å². The van der Waals surface area contributed by atoms with Crippen LogP contribution >= 0.6 is 0 Å². The average Bonchev–Trinajstić information content (AvgIpc) is 2.24. The van der Waals surface area contributed by atoms with Crippen LogP contribution in [0.4, 0.5) is 4.79 Å². The van der Waals surface area contributed by atoms with E-state index in [1.54, 1.807) is 11.9 Å². The molecule has 0 heterocycles. The minimum absolute atomic E-state index is 0.104. The molecule has 0 rings (SSSR count). The van der Waals surface area contributed by atoms with E-state index in [0.717, 1.165) is 19.3 Å². The number of urea groups is 1. The van der Waals surface area contributed by atoms with Crippen LogP contribution in [-0.4, -0.2) is 53.1 Å². The molecular weight excluding hydrogens is 220 g/mol. The van der Waals surface area contributed by atoms with Crippen LogP contribution in [0.3, 0.4) is 0 Å². The van der Waals surface area contributed by atoms with Crippen molar-refractivity contribution >= 4 is 12.0 Å². The minimum Gasteiger partial charge on any atom is -0.480 e. The van der Waals surface area contributed by atoms with E-state index in [2.05, 4.69) is 6.92 Å². The molecule has 5 nitrogen and oxygen atoms in total. The largest absolute Gasteiger partial charge is 0.480 e. The molecule has 17 heavy (non-hydrogen) atoms. The van der Waals surface area contributed by atoms with Crippen molar-refractivity contribution in [3.63, 3.8) is 0 Å². The molecule has 0 spiro atoms. The zero-order chi connectivity index (χ0) is 13.4. The lowest BCUT2D eigenvalue weighted by atomic mass is 10.2. The van der Waals surface area contributed by atoms with Gasteiger partial charge in [0.25, 0.3) is 0 Å². The summed E-state index contributed by atoms with van der Waals surface area (Å²) in [6.45, 7) is 6.18. The van der Waals surface area contributed by atoms with E-state index < -0.39 is 5.97 Å². The third-order valence-corrected chi connectivity index (χ3v) is 2.60. The van der Waals surface area contributed by atoms with Crippen LogP contribution in [0.25, 0.3) is 0 Å². The van der Waals surface area contributed by atoms with Crippen LogP contribution in [0, 0.1) is 0 Å². The lowest BCUT2D eigenvalue weighted by Gasteiger charge is -2.30. The van der Waals surface area contributed by atoms with Gasteiger partial charge in [-0.05, 0) is 20.3 Å². The third-order valence-electron chi connectivity index (χ3n) is 2.60. The maximum Gasteiger partial charge on any atom is 0.323 e. The summed E-state index contributed by atoms with van der Waals surface area (Å²) in [6, 6.07) is -0.314. The summed E-state index contributed by atoms with van der Waals surface area (Å²) in [4.78, 5) is 25.7. The number of carboxylic acid groups (broad SMARTS) is 1. The van der Waals surface area contributed by atoms with Crippen molar-refractivity contribution in [2.45, 2.75) is 46.1 Å². The molecule has 1 N–H and O–H groups in total. The Bertz CT molecular complexity index is 254. The number of carboxylic acids is 1. The summed E-state index contributed by atoms with van der Waals surface area (Å²) in [5, 5.41) is 8.77. The van der Waals surface area contributed by atoms with Crippen LogP contribution in [-0.2, 0) is 4.79 Å². The molecular formula is C12H24N2O3. The number of unbranched alkanes of at least 4 members (excludes halogenated alkanes) is 2. The Balaban J connectivity index is 4.34. The maximum absolute atomic E-state index is 12.0. The molecule has 0 aromatic carbocycles. The second kappa shape index (κ2) is 7.92. The van der Waals surface area contributed by atoms with E-state index in [1.807, 2.05) is 13.8 Å². The molecule has 0 aromatic rings. The molecule has 0 aliphatic carbocycles. The molecule has 0 saturated heterocycles. The van der Waals surface area contributed by atoms with Gasteiger partial charge in [-0.2, -0.15) is 0 Å². The van der Waals surface area contributed by atoms with Crippen molar-refractivity contribution in [2.75, 3.05) is 20.1 Å². The number of carbonyl (C=O) groups excluding carboxylic acids is 1. The number of rotatable bonds is 7. The molecule has 2 amide bonds. The Morgan fingerprint density at radius 1 is 1.24 bits per heavy atom. The van der Waals surface area contributed by atoms with Gasteiger partial charge in [-0.1, -0.05) is 19.8 Å². The van der Waals surface area contributed by atoms with Gasteiger partial charge in [0.05, 0.1) is 0 Å². The van der Waals surface area contributed by atoms with Crippen LogP contribution in [0.5, 0.6) is 0 Å². The van der Waals surface area contributed by atoms with Gasteiger partial charge in [-0.3, -0.25) is 4.79 Å². The van der Waals surface area contributed by atoms with E-state index >= 15 is 0 Å². The van der Waals surface area contributed by atoms with Crippen molar-refractivity contribution in [3.8, 4) is 0 Å². The fourth-order valence-corrected chi connectivity index (χ4v) is 1.53. The first-order chi connectivity index (χ1) is 7.90. The predicted molar refractivity (Wildman–Crippen MR) is 67.0 cm³/mol. The number of nitrogens with zero attached hydrogens (tertiary/aromatic N) is 2. The summed E-state index contributed by atoms with van der Waals surface area (Å²) in [6.07, 6.45) is 3.14. The van der Waals surface area contributed by atoms with Crippen LogP contribution in [0.1, 0.15) is 40.0 Å². The van der Waals surface area contributed by atoms with Gasteiger partial charge in [-0.15, -0.1) is 0 Å². The Hall–Kier alpha value is -1.26. The molecule has 0 atom stereocenters. The Morgan fingerprint density at radius 2 is 1.82 bits per heavy atom. The van der Waals surface area contributed by atoms with Crippen molar-refractivity contribution in [2.24, 2.45) is 0 Å². The molecule has 0 saturated carbocycles. The number of hydrogen-bond acceptors (Lipinski definition) is 2. The van der Waals surface area contributed by atoms with Crippen molar-refractivity contribution in [1.29, 1.82) is 0 Å². The highest BCUT2D eigenvalue weighted by molar-refractivity contribution is 5.80. The Kier molecular flexibility index (Phi) is 7.34. The number of carbonyl (C=O) groups is 2. The van der Waals surface area contributed by atoms with Gasteiger partial charge in [0.1, 0.15) is 6.54 Å². The SMILES string of the molecule is CCCCCN(C)C(=O)N(CC(=O)O)C(C)C. The molecule has 5 heteroatoms. The van der Waals surface area contributed by atoms with E-state index in [0.29, 0.717) is 6.54 Å². The third kappa shape index (κ3) is 6.14. The number of hydrogen-bond donors (Lipinski definition) is 1. The number of amides is 2. The van der Waals surface area contributed by atoms with Crippen molar-refractivity contribution < 1.29 is 14.7 Å². The maximum atomic E-state index is 12.0. The predicted octanol–water partition coefficient (Wildman–Crippen LogP) is 2.02. The highest BCUT2D eigenvalue weighted by atomic mass is 16.4. The molecule has 0 fully saturated rings. The summed E-state index contributed by atoms with van der Waals surface area (Å²) in [5.41, 5.74) is 0. The van der Waals surface area contributed by atoms with E-state index in [-0.39, 0.29) is 18.6 Å². The second-order valence-electron chi connectivity index (χ2n) is 4.53. The standard InChI is InChI=1S/C12H24N2O3/c1-5-6-7-8-13(4)12(17)14(10(2)3)9-11(15)16/h10H,5-9H2,1-4H3,(H,15,16). The topological polar surface area (TPSA) is 60.9 Å². The monoisotopic (exact) mass is 244 g/mol. The summed E-state index contributed by atoms with van der Waals surface area (Å²) < 4.78 is 0. The average molecular weight is 244 g/mol. The molecule has 0 radical (unpaired) electrons. The molecule has 100 valence electrons. The van der Waals surface area contributed by atoms with E-state index in [9.17, 15) is 9.59 Å². The lowest BCUT2D eigenvalue weighted by Crippen LogP contribution is -2.47. The molecule has 0 bridgehead atoms. The second-order valence-corrected chi connectivity index (χ2v) is 4.53. The summed E-state index contributed by atoms with van der Waals surface area (Å²) in [5.74, 6) is -0.978. The summed E-state index contributed by atoms with van der Waals surface area (Å²) in [7, 11) is 1.72. The van der Waals surface area contributed by atoms with Gasteiger partial charge in [0.2, 0.25) is 0 Å². The van der Waals surface area contributed by atoms with Crippen molar-refractivity contribution in [3.05, 3.63) is 0 Å². The fraction of sp³-hybridized carbons (Fsp3) is 0.833. The van der Waals surface area contributed by atoms with Gasteiger partial charge < -0.3 is 14.9 Å². The van der Waals surface area contributed by atoms with Gasteiger partial charge in [-0.25, -0.2) is 4.79 Å². The molecule has 0 aliphatic heterocycles. The normalized spacial score (nSPS) is 10.4. The van der Waals surface area contributed by atoms with Crippen LogP contribution < -0.4 is 0 Å². The first kappa shape index (κ1) is 15.7. The first-order valence-electron chi connectivity index (χ1n) is 6.13. The van der Waals surface area contributed by atoms with E-state index in [1.165, 1.54) is 4.90 Å². The minimum atomic E-state index is -0.978. The fourth-order valence-electron chi connectivity index (χ4n) is 1.53. The molecule has 0 aromatic heterocycles. The Morgan fingerprint density at radius 3 is 2.24 bits per heavy atom. The van der Waals surface area contributed by atoms with E-state index in [4.69, 9.17) is 5.11 Å². The number of aliphatic carboxylic acids is 1. The lowest BCUT2D eigenvalue weighted by molar-refractivity contribution is -0.138. The zero-order valence-electron chi connectivity index (χ0n) is 11.3. The first-order valence-corrected chi connectivity index (χ1v) is 6.13. The molecule has 0 unspecified atom stereocenters. The van der Waals surface area contributed by atoms with Crippen LogP contribution in [0.2, 0.25) is 0 Å². The highest BCUT2D eigenvalue weighted by Crippen LogP contribution is 2.05. The van der Waals surface area contributed by atoms with Gasteiger partial charge in [0, 0.05) is 19.6 Å². The quantitative estimate of drug-likeness (QED) is 0.697. The zero-order valence-corrected chi connectivity index (χ0v) is 11.3. The van der Waals surface area contributed by atoms with Crippen LogP contribution in [0.15, 0.2) is 0 Å². The smallest absolute Gasteiger partial charge is 0.323 e. The summed E-state index contributed by atoms with van der Waals surface area (Å²) >= 11 is 0. The van der Waals surface area contributed by atoms with Crippen molar-refractivity contribution in [1.82, 2.24) is 9.80 Å².